The quantitative estimate of drug-likeness (QED) is 0.612. The Labute approximate surface area is 71.2 Å². The zero-order chi connectivity index (χ0) is 9.28. The fourth-order valence-electron chi connectivity index (χ4n) is 0.640. The molecule has 68 valence electrons. The number of hydrogen-bond acceptors (Lipinski definition) is 1. The van der Waals surface area contributed by atoms with Crippen molar-refractivity contribution in [1.29, 1.82) is 0 Å². The second kappa shape index (κ2) is 9.67. The Morgan fingerprint density at radius 1 is 1.27 bits per heavy atom. The molecule has 0 fully saturated rings. The number of Topliss-reactive ketones (excluding diaryl/α,β-unsaturated/α-hetero) is 1. The van der Waals surface area contributed by atoms with Crippen LogP contribution in [0.25, 0.3) is 0 Å². The van der Waals surface area contributed by atoms with Crippen LogP contribution in [0.1, 0.15) is 53.9 Å². The van der Waals surface area contributed by atoms with E-state index in [0.717, 1.165) is 19.3 Å². The van der Waals surface area contributed by atoms with Crippen molar-refractivity contribution in [3.05, 3.63) is 0 Å². The first-order chi connectivity index (χ1) is 5.18. The van der Waals surface area contributed by atoms with Gasteiger partial charge in [0.15, 0.2) is 0 Å². The molecule has 0 spiro atoms. The van der Waals surface area contributed by atoms with E-state index in [4.69, 9.17) is 0 Å². The van der Waals surface area contributed by atoms with Gasteiger partial charge in [0.05, 0.1) is 0 Å². The summed E-state index contributed by atoms with van der Waals surface area (Å²) in [6.07, 6.45) is 2.95. The van der Waals surface area contributed by atoms with Crippen LogP contribution in [-0.4, -0.2) is 5.78 Å². The monoisotopic (exact) mass is 158 g/mol. The molecule has 0 amide bonds. The largest absolute Gasteiger partial charge is 0.299 e. The molecule has 0 saturated carbocycles. The SMILES string of the molecule is CC.CCCCC(=O)C(C)C. The van der Waals surface area contributed by atoms with Gasteiger partial charge < -0.3 is 0 Å². The predicted molar refractivity (Wildman–Crippen MR) is 50.7 cm³/mol. The number of ketones is 1. The minimum Gasteiger partial charge on any atom is -0.299 e. The maximum Gasteiger partial charge on any atom is 0.135 e. The van der Waals surface area contributed by atoms with Gasteiger partial charge in [-0.2, -0.15) is 0 Å². The average molecular weight is 158 g/mol. The lowest BCUT2D eigenvalue weighted by Gasteiger charge is -2.00. The van der Waals surface area contributed by atoms with Gasteiger partial charge in [0.1, 0.15) is 5.78 Å². The summed E-state index contributed by atoms with van der Waals surface area (Å²) in [6.45, 7) is 10.0. The van der Waals surface area contributed by atoms with E-state index in [0.29, 0.717) is 5.78 Å². The van der Waals surface area contributed by atoms with Crippen LogP contribution < -0.4 is 0 Å². The lowest BCUT2D eigenvalue weighted by atomic mass is 10.0. The Morgan fingerprint density at radius 3 is 2.00 bits per heavy atom. The van der Waals surface area contributed by atoms with E-state index in [9.17, 15) is 4.79 Å². The molecule has 0 saturated heterocycles. The zero-order valence-electron chi connectivity index (χ0n) is 8.61. The number of carbonyl (C=O) groups excluding carboxylic acids is 1. The highest BCUT2D eigenvalue weighted by Crippen LogP contribution is 2.02. The highest BCUT2D eigenvalue weighted by atomic mass is 16.1. The van der Waals surface area contributed by atoms with Crippen LogP contribution in [0.15, 0.2) is 0 Å². The molecule has 0 aliphatic heterocycles. The third-order valence-corrected chi connectivity index (χ3v) is 1.42. The third kappa shape index (κ3) is 9.67. The molecular formula is C10H22O. The van der Waals surface area contributed by atoms with E-state index >= 15 is 0 Å². The fourth-order valence-corrected chi connectivity index (χ4v) is 0.640. The van der Waals surface area contributed by atoms with Gasteiger partial charge in [-0.05, 0) is 6.42 Å². The summed E-state index contributed by atoms with van der Waals surface area (Å²) in [5.74, 6) is 0.633. The minimum atomic E-state index is 0.233. The van der Waals surface area contributed by atoms with Crippen LogP contribution in [0, 0.1) is 5.92 Å². The van der Waals surface area contributed by atoms with Crippen molar-refractivity contribution in [2.45, 2.75) is 53.9 Å². The first-order valence-corrected chi connectivity index (χ1v) is 4.71. The summed E-state index contributed by atoms with van der Waals surface area (Å²) in [5.41, 5.74) is 0. The smallest absolute Gasteiger partial charge is 0.135 e. The van der Waals surface area contributed by atoms with Gasteiger partial charge in [-0.15, -0.1) is 0 Å². The number of carbonyl (C=O) groups is 1. The van der Waals surface area contributed by atoms with Crippen molar-refractivity contribution >= 4 is 5.78 Å². The van der Waals surface area contributed by atoms with E-state index in [1.54, 1.807) is 0 Å². The molecule has 0 aromatic carbocycles. The van der Waals surface area contributed by atoms with Crippen LogP contribution in [0.3, 0.4) is 0 Å². The van der Waals surface area contributed by atoms with Gasteiger partial charge >= 0.3 is 0 Å². The van der Waals surface area contributed by atoms with Crippen LogP contribution in [0.2, 0.25) is 0 Å². The summed E-state index contributed by atoms with van der Waals surface area (Å²) in [4.78, 5) is 10.9. The van der Waals surface area contributed by atoms with Gasteiger partial charge in [-0.1, -0.05) is 41.0 Å². The Morgan fingerprint density at radius 2 is 1.73 bits per heavy atom. The molecule has 1 nitrogen and oxygen atoms in total. The zero-order valence-corrected chi connectivity index (χ0v) is 8.61. The Balaban J connectivity index is 0. The normalized spacial score (nSPS) is 8.91. The first kappa shape index (κ1) is 13.3. The van der Waals surface area contributed by atoms with Gasteiger partial charge in [0.25, 0.3) is 0 Å². The molecule has 0 bridgehead atoms. The second-order valence-electron chi connectivity index (χ2n) is 2.72. The molecule has 0 radical (unpaired) electrons. The summed E-state index contributed by atoms with van der Waals surface area (Å²) in [5, 5.41) is 0. The summed E-state index contributed by atoms with van der Waals surface area (Å²) in [7, 11) is 0. The van der Waals surface area contributed by atoms with Crippen molar-refractivity contribution in [3.8, 4) is 0 Å². The lowest BCUT2D eigenvalue weighted by Crippen LogP contribution is -2.05. The maximum absolute atomic E-state index is 10.9. The van der Waals surface area contributed by atoms with Gasteiger partial charge in [0, 0.05) is 12.3 Å². The second-order valence-corrected chi connectivity index (χ2v) is 2.72. The highest BCUT2D eigenvalue weighted by Gasteiger charge is 2.04. The van der Waals surface area contributed by atoms with E-state index in [1.807, 2.05) is 27.7 Å². The Kier molecular flexibility index (Phi) is 11.7. The molecule has 11 heavy (non-hydrogen) atoms. The highest BCUT2D eigenvalue weighted by molar-refractivity contribution is 5.80. The number of hydrogen-bond donors (Lipinski definition) is 0. The van der Waals surface area contributed by atoms with Crippen LogP contribution >= 0.6 is 0 Å². The van der Waals surface area contributed by atoms with Crippen LogP contribution in [0.5, 0.6) is 0 Å². The Hall–Kier alpha value is -0.330. The lowest BCUT2D eigenvalue weighted by molar-refractivity contribution is -0.121. The summed E-state index contributed by atoms with van der Waals surface area (Å²) >= 11 is 0. The molecular weight excluding hydrogens is 136 g/mol. The minimum absolute atomic E-state index is 0.233. The molecule has 0 aromatic rings. The maximum atomic E-state index is 10.9. The van der Waals surface area contributed by atoms with Gasteiger partial charge in [0.2, 0.25) is 0 Å². The Bertz CT molecular complexity index is 84.9. The molecule has 0 atom stereocenters. The van der Waals surface area contributed by atoms with Gasteiger partial charge in [-0.3, -0.25) is 4.79 Å². The third-order valence-electron chi connectivity index (χ3n) is 1.42. The first-order valence-electron chi connectivity index (χ1n) is 4.71. The van der Waals surface area contributed by atoms with Crippen LogP contribution in [-0.2, 0) is 4.79 Å². The van der Waals surface area contributed by atoms with Crippen molar-refractivity contribution in [2.24, 2.45) is 5.92 Å². The fraction of sp³-hybridized carbons (Fsp3) is 0.900. The van der Waals surface area contributed by atoms with Crippen molar-refractivity contribution < 1.29 is 4.79 Å². The molecule has 0 unspecified atom stereocenters. The molecule has 0 N–H and O–H groups in total. The van der Waals surface area contributed by atoms with E-state index in [1.165, 1.54) is 0 Å². The van der Waals surface area contributed by atoms with E-state index < -0.39 is 0 Å². The standard InChI is InChI=1S/C8H16O.C2H6/c1-4-5-6-8(9)7(2)3;1-2/h7H,4-6H2,1-3H3;1-2H3. The predicted octanol–water partition coefficient (Wildman–Crippen LogP) is 3.43. The van der Waals surface area contributed by atoms with E-state index in [2.05, 4.69) is 6.92 Å². The molecule has 0 aliphatic carbocycles. The van der Waals surface area contributed by atoms with Crippen molar-refractivity contribution in [3.63, 3.8) is 0 Å². The topological polar surface area (TPSA) is 17.1 Å². The summed E-state index contributed by atoms with van der Waals surface area (Å²) in [6, 6.07) is 0. The summed E-state index contributed by atoms with van der Waals surface area (Å²) < 4.78 is 0. The molecule has 0 aliphatic rings. The average Bonchev–Trinajstić information content (AvgIpc) is 2.03. The molecule has 0 aromatic heterocycles. The molecule has 0 heterocycles. The number of rotatable bonds is 4. The van der Waals surface area contributed by atoms with Crippen molar-refractivity contribution in [1.82, 2.24) is 0 Å². The molecule has 0 rings (SSSR count). The van der Waals surface area contributed by atoms with E-state index in [-0.39, 0.29) is 5.92 Å². The van der Waals surface area contributed by atoms with Crippen LogP contribution in [0.4, 0.5) is 0 Å². The number of unbranched alkanes of at least 4 members (excludes halogenated alkanes) is 1. The molecule has 1 heteroatoms. The van der Waals surface area contributed by atoms with Crippen molar-refractivity contribution in [2.75, 3.05) is 0 Å². The van der Waals surface area contributed by atoms with Gasteiger partial charge in [-0.25, -0.2) is 0 Å².